The zero-order valence-corrected chi connectivity index (χ0v) is 14.2. The fourth-order valence-electron chi connectivity index (χ4n) is 2.84. The topological polar surface area (TPSA) is 31.5 Å². The SMILES string of the molecule is COc1ccc(-c2cn3cc(-c4ccc(Cl)cc4)n(C)c3n2)cc1. The van der Waals surface area contributed by atoms with Crippen LogP contribution in [-0.2, 0) is 7.05 Å². The molecule has 120 valence electrons. The number of nitrogens with zero attached hydrogens (tertiary/aromatic N) is 3. The van der Waals surface area contributed by atoms with Gasteiger partial charge in [0.25, 0.3) is 0 Å². The van der Waals surface area contributed by atoms with Crippen molar-refractivity contribution in [3.63, 3.8) is 0 Å². The molecule has 4 aromatic rings. The Morgan fingerprint density at radius 1 is 0.917 bits per heavy atom. The number of hydrogen-bond acceptors (Lipinski definition) is 2. The van der Waals surface area contributed by atoms with Gasteiger partial charge in [-0.05, 0) is 42.0 Å². The third-order valence-electron chi connectivity index (χ3n) is 4.16. The van der Waals surface area contributed by atoms with Gasteiger partial charge in [0.1, 0.15) is 5.75 Å². The fourth-order valence-corrected chi connectivity index (χ4v) is 2.97. The summed E-state index contributed by atoms with van der Waals surface area (Å²) in [4.78, 5) is 4.76. The van der Waals surface area contributed by atoms with E-state index >= 15 is 0 Å². The first-order valence-electron chi connectivity index (χ1n) is 7.60. The van der Waals surface area contributed by atoms with E-state index in [2.05, 4.69) is 10.8 Å². The summed E-state index contributed by atoms with van der Waals surface area (Å²) in [6.07, 6.45) is 4.12. The molecule has 2 aromatic heterocycles. The molecule has 0 N–H and O–H groups in total. The Kier molecular flexibility index (Phi) is 3.54. The summed E-state index contributed by atoms with van der Waals surface area (Å²) in [5.74, 6) is 1.73. The zero-order chi connectivity index (χ0) is 16.7. The summed E-state index contributed by atoms with van der Waals surface area (Å²) in [5, 5.41) is 0.736. The minimum absolute atomic E-state index is 0.736. The molecule has 0 aliphatic carbocycles. The Balaban J connectivity index is 1.75. The Bertz CT molecular complexity index is 998. The minimum Gasteiger partial charge on any atom is -0.497 e. The van der Waals surface area contributed by atoms with Crippen LogP contribution in [0.1, 0.15) is 0 Å². The summed E-state index contributed by atoms with van der Waals surface area (Å²) < 4.78 is 9.33. The maximum absolute atomic E-state index is 5.97. The number of fused-ring (bicyclic) bond motifs is 1. The van der Waals surface area contributed by atoms with Gasteiger partial charge in [0.15, 0.2) is 0 Å². The largest absolute Gasteiger partial charge is 0.497 e. The number of halogens is 1. The lowest BCUT2D eigenvalue weighted by molar-refractivity contribution is 0.415. The lowest BCUT2D eigenvalue weighted by atomic mass is 10.1. The molecule has 0 aliphatic heterocycles. The van der Waals surface area contributed by atoms with Gasteiger partial charge in [-0.25, -0.2) is 4.98 Å². The van der Waals surface area contributed by atoms with E-state index in [-0.39, 0.29) is 0 Å². The quantitative estimate of drug-likeness (QED) is 0.544. The molecule has 4 nitrogen and oxygen atoms in total. The molecule has 2 heterocycles. The molecule has 0 aliphatic rings. The van der Waals surface area contributed by atoms with Gasteiger partial charge < -0.3 is 9.30 Å². The molecule has 0 amide bonds. The van der Waals surface area contributed by atoms with Gasteiger partial charge in [-0.15, -0.1) is 0 Å². The molecule has 0 saturated carbocycles. The van der Waals surface area contributed by atoms with E-state index in [1.54, 1.807) is 7.11 Å². The Hall–Kier alpha value is -2.72. The van der Waals surface area contributed by atoms with Gasteiger partial charge in [0, 0.05) is 30.0 Å². The second-order valence-corrected chi connectivity index (χ2v) is 6.08. The predicted molar refractivity (Wildman–Crippen MR) is 96.6 cm³/mol. The van der Waals surface area contributed by atoms with E-state index in [0.717, 1.165) is 39.1 Å². The van der Waals surface area contributed by atoms with Crippen LogP contribution < -0.4 is 4.74 Å². The van der Waals surface area contributed by atoms with Crippen LogP contribution in [0.15, 0.2) is 60.9 Å². The maximum Gasteiger partial charge on any atom is 0.214 e. The third-order valence-corrected chi connectivity index (χ3v) is 4.41. The molecular weight excluding hydrogens is 322 g/mol. The highest BCUT2D eigenvalue weighted by molar-refractivity contribution is 6.30. The lowest BCUT2D eigenvalue weighted by Crippen LogP contribution is -1.92. The van der Waals surface area contributed by atoms with Crippen molar-refractivity contribution in [2.45, 2.75) is 0 Å². The number of aromatic nitrogens is 3. The summed E-state index contributed by atoms with van der Waals surface area (Å²) in [6, 6.07) is 15.7. The monoisotopic (exact) mass is 337 g/mol. The molecule has 0 radical (unpaired) electrons. The minimum atomic E-state index is 0.736. The van der Waals surface area contributed by atoms with E-state index in [1.807, 2.05) is 66.2 Å². The van der Waals surface area contributed by atoms with Crippen molar-refractivity contribution in [3.05, 3.63) is 65.9 Å². The highest BCUT2D eigenvalue weighted by Gasteiger charge is 2.12. The molecule has 0 unspecified atom stereocenters. The Morgan fingerprint density at radius 3 is 2.21 bits per heavy atom. The number of benzene rings is 2. The predicted octanol–water partition coefficient (Wildman–Crippen LogP) is 4.67. The summed E-state index contributed by atoms with van der Waals surface area (Å²) in [7, 11) is 3.68. The average molecular weight is 338 g/mol. The van der Waals surface area contributed by atoms with E-state index in [9.17, 15) is 0 Å². The second kappa shape index (κ2) is 5.73. The van der Waals surface area contributed by atoms with Crippen LogP contribution in [0.2, 0.25) is 5.02 Å². The van der Waals surface area contributed by atoms with E-state index in [0.29, 0.717) is 0 Å². The molecule has 2 aromatic carbocycles. The molecule has 5 heteroatoms. The molecule has 0 fully saturated rings. The molecule has 0 atom stereocenters. The lowest BCUT2D eigenvalue weighted by Gasteiger charge is -2.03. The van der Waals surface area contributed by atoms with Crippen molar-refractivity contribution >= 4 is 17.4 Å². The Morgan fingerprint density at radius 2 is 1.58 bits per heavy atom. The van der Waals surface area contributed by atoms with Crippen molar-refractivity contribution < 1.29 is 4.74 Å². The standard InChI is InChI=1S/C19H16ClN3O/c1-22-18(14-3-7-15(20)8-4-14)12-23-11-17(21-19(22)23)13-5-9-16(24-2)10-6-13/h3-12H,1-2H3. The van der Waals surface area contributed by atoms with Crippen LogP contribution in [0.25, 0.3) is 28.3 Å². The van der Waals surface area contributed by atoms with Crippen molar-refractivity contribution in [1.29, 1.82) is 0 Å². The summed E-state index contributed by atoms with van der Waals surface area (Å²) >= 11 is 5.97. The second-order valence-electron chi connectivity index (χ2n) is 5.64. The van der Waals surface area contributed by atoms with Gasteiger partial charge in [0.05, 0.1) is 18.5 Å². The highest BCUT2D eigenvalue weighted by atomic mass is 35.5. The van der Waals surface area contributed by atoms with Crippen molar-refractivity contribution in [2.24, 2.45) is 7.05 Å². The first kappa shape index (κ1) is 14.8. The van der Waals surface area contributed by atoms with Crippen LogP contribution in [0.3, 0.4) is 0 Å². The third kappa shape index (κ3) is 2.45. The van der Waals surface area contributed by atoms with Crippen molar-refractivity contribution in [2.75, 3.05) is 7.11 Å². The van der Waals surface area contributed by atoms with Crippen LogP contribution in [-0.4, -0.2) is 21.1 Å². The number of hydrogen-bond donors (Lipinski definition) is 0. The van der Waals surface area contributed by atoms with Crippen LogP contribution in [0.4, 0.5) is 0 Å². The smallest absolute Gasteiger partial charge is 0.214 e. The molecule has 0 bridgehead atoms. The van der Waals surface area contributed by atoms with Gasteiger partial charge in [0.2, 0.25) is 5.78 Å². The first-order valence-corrected chi connectivity index (χ1v) is 7.98. The number of ether oxygens (including phenoxy) is 1. The van der Waals surface area contributed by atoms with Crippen LogP contribution in [0, 0.1) is 0 Å². The molecule has 0 spiro atoms. The van der Waals surface area contributed by atoms with Crippen LogP contribution >= 0.6 is 11.6 Å². The van der Waals surface area contributed by atoms with E-state index < -0.39 is 0 Å². The fraction of sp³-hybridized carbons (Fsp3) is 0.105. The number of aryl methyl sites for hydroxylation is 1. The molecular formula is C19H16ClN3O. The van der Waals surface area contributed by atoms with E-state index in [1.165, 1.54) is 0 Å². The van der Waals surface area contributed by atoms with Crippen molar-refractivity contribution in [1.82, 2.24) is 14.0 Å². The summed E-state index contributed by atoms with van der Waals surface area (Å²) in [6.45, 7) is 0. The summed E-state index contributed by atoms with van der Waals surface area (Å²) in [5.41, 5.74) is 4.20. The Labute approximate surface area is 144 Å². The number of imidazole rings is 2. The van der Waals surface area contributed by atoms with Gasteiger partial charge >= 0.3 is 0 Å². The number of methoxy groups -OCH3 is 1. The molecule has 24 heavy (non-hydrogen) atoms. The zero-order valence-electron chi connectivity index (χ0n) is 13.4. The van der Waals surface area contributed by atoms with Gasteiger partial charge in [-0.1, -0.05) is 23.7 Å². The first-order chi connectivity index (χ1) is 11.7. The highest BCUT2D eigenvalue weighted by Crippen LogP contribution is 2.27. The van der Waals surface area contributed by atoms with Crippen molar-refractivity contribution in [3.8, 4) is 28.3 Å². The number of rotatable bonds is 3. The normalized spacial score (nSPS) is 11.1. The average Bonchev–Trinajstić information content (AvgIpc) is 3.16. The van der Waals surface area contributed by atoms with E-state index in [4.69, 9.17) is 21.3 Å². The molecule has 4 rings (SSSR count). The molecule has 0 saturated heterocycles. The maximum atomic E-state index is 5.97. The van der Waals surface area contributed by atoms with Crippen LogP contribution in [0.5, 0.6) is 5.75 Å². The van der Waals surface area contributed by atoms with Gasteiger partial charge in [-0.2, -0.15) is 0 Å². The van der Waals surface area contributed by atoms with Gasteiger partial charge in [-0.3, -0.25) is 4.40 Å².